The predicted molar refractivity (Wildman–Crippen MR) is 342 cm³/mol. The molecule has 0 fully saturated rings. The standard InChI is InChI=1S/C68H106N4O2S4/c1-5-9-13-17-21-25-27-31-35-39-43-55(41-37-33-29-23-19-15-11-7-3)51-71-65(59-47-45-57(77-59)61-49-69-53-75-61)63-64(67(71)73)66(60-48-46-58(78-60)62-50-70-54-76-62)72(68(63)74)52-56(42-38-34-30-24-20-16-12-8-4)44-40-36-32-28-26-22-18-14-10-6-2/h45-50,53-56H,5-44,51-52H2,1-4H3. The van der Waals surface area contributed by atoms with Gasteiger partial charge in [0.1, 0.15) is 0 Å². The van der Waals surface area contributed by atoms with Gasteiger partial charge in [0.05, 0.1) is 53.1 Å². The van der Waals surface area contributed by atoms with E-state index in [4.69, 9.17) is 0 Å². The fourth-order valence-electron chi connectivity index (χ4n) is 12.3. The van der Waals surface area contributed by atoms with Crippen molar-refractivity contribution in [1.82, 2.24) is 19.8 Å². The van der Waals surface area contributed by atoms with E-state index in [1.807, 2.05) is 23.4 Å². The van der Waals surface area contributed by atoms with E-state index in [0.717, 1.165) is 66.3 Å². The summed E-state index contributed by atoms with van der Waals surface area (Å²) in [6.45, 7) is 10.5. The average Bonchev–Trinajstić information content (AvgIpc) is 4.42. The van der Waals surface area contributed by atoms with E-state index >= 15 is 9.59 Å². The molecule has 0 spiro atoms. The van der Waals surface area contributed by atoms with E-state index in [0.29, 0.717) is 36.1 Å². The van der Waals surface area contributed by atoms with Gasteiger partial charge in [-0.2, -0.15) is 0 Å². The molecule has 0 saturated carbocycles. The van der Waals surface area contributed by atoms with Crippen molar-refractivity contribution in [3.8, 4) is 19.5 Å². The summed E-state index contributed by atoms with van der Waals surface area (Å²) >= 11 is 6.75. The van der Waals surface area contributed by atoms with E-state index in [1.165, 1.54) is 231 Å². The Labute approximate surface area is 492 Å². The van der Waals surface area contributed by atoms with Crippen LogP contribution in [-0.4, -0.2) is 44.7 Å². The summed E-state index contributed by atoms with van der Waals surface area (Å²) in [5.74, 6) is 0.824. The Morgan fingerprint density at radius 2 is 0.603 bits per heavy atom. The molecule has 0 aromatic carbocycles. The van der Waals surface area contributed by atoms with Gasteiger partial charge < -0.3 is 9.80 Å². The fraction of sp³-hybridized carbons (Fsp3) is 0.706. The van der Waals surface area contributed by atoms with E-state index in [2.05, 4.69) is 71.7 Å². The number of hydrogen-bond donors (Lipinski definition) is 0. The fourth-order valence-corrected chi connectivity index (χ4v) is 15.8. The zero-order valence-electron chi connectivity index (χ0n) is 49.7. The molecule has 6 nitrogen and oxygen atoms in total. The number of hydrogen-bond acceptors (Lipinski definition) is 8. The quantitative estimate of drug-likeness (QED) is 0.0413. The molecule has 78 heavy (non-hydrogen) atoms. The Bertz CT molecular complexity index is 2110. The van der Waals surface area contributed by atoms with Gasteiger partial charge in [-0.1, -0.05) is 259 Å². The number of fused-ring (bicyclic) bond motifs is 1. The molecule has 0 N–H and O–H groups in total. The minimum atomic E-state index is 0.0321. The first-order valence-corrected chi connectivity index (χ1v) is 36.0. The van der Waals surface area contributed by atoms with Crippen molar-refractivity contribution < 1.29 is 9.59 Å². The Morgan fingerprint density at radius 1 is 0.346 bits per heavy atom. The topological polar surface area (TPSA) is 66.4 Å². The molecule has 2 aliphatic rings. The van der Waals surface area contributed by atoms with E-state index in [1.54, 1.807) is 45.3 Å². The van der Waals surface area contributed by atoms with Crippen molar-refractivity contribution in [1.29, 1.82) is 0 Å². The Kier molecular flexibility index (Phi) is 31.9. The van der Waals surface area contributed by atoms with Crippen LogP contribution in [0.5, 0.6) is 0 Å². The van der Waals surface area contributed by atoms with Crippen LogP contribution in [-0.2, 0) is 9.59 Å². The van der Waals surface area contributed by atoms with Crippen LogP contribution in [0.2, 0.25) is 0 Å². The number of carbonyl (C=O) groups is 2. The molecule has 2 aliphatic heterocycles. The lowest BCUT2D eigenvalue weighted by Gasteiger charge is -2.29. The molecule has 2 unspecified atom stereocenters. The largest absolute Gasteiger partial charge is 0.306 e. The van der Waals surface area contributed by atoms with Crippen LogP contribution in [0.15, 0.2) is 58.8 Å². The number of thiazole rings is 2. The van der Waals surface area contributed by atoms with Gasteiger partial charge >= 0.3 is 0 Å². The molecule has 0 bridgehead atoms. The van der Waals surface area contributed by atoms with Crippen LogP contribution in [0.1, 0.15) is 294 Å². The predicted octanol–water partition coefficient (Wildman–Crippen LogP) is 22.8. The number of rotatable bonds is 48. The molecule has 6 heterocycles. The van der Waals surface area contributed by atoms with Crippen LogP contribution in [0.25, 0.3) is 30.9 Å². The third-order valence-corrected chi connectivity index (χ3v) is 21.1. The molecule has 0 aliphatic carbocycles. The maximum atomic E-state index is 15.9. The first-order chi connectivity index (χ1) is 38.5. The minimum absolute atomic E-state index is 0.0321. The first kappa shape index (κ1) is 64.3. The SMILES string of the molecule is CCCCCCCCCCCCC(CCCCCCCCCC)CN1C(=O)C2=C(c3ccc(-c4cncs4)s3)N(CC(CCCCCCCCCC)CCCCCCCCCCCC)C(=O)C2=C1c1ccc(-c2cncs2)s1. The first-order valence-electron chi connectivity index (χ1n) is 32.6. The van der Waals surface area contributed by atoms with Gasteiger partial charge in [0.15, 0.2) is 0 Å². The molecular formula is C68H106N4O2S4. The molecule has 2 amide bonds. The summed E-state index contributed by atoms with van der Waals surface area (Å²) in [4.78, 5) is 51.6. The summed E-state index contributed by atoms with van der Waals surface area (Å²) in [5.41, 5.74) is 6.82. The van der Waals surface area contributed by atoms with Crippen LogP contribution < -0.4 is 0 Å². The van der Waals surface area contributed by atoms with Gasteiger partial charge in [-0.15, -0.1) is 45.3 Å². The number of unbranched alkanes of at least 4 members (excludes halogenated alkanes) is 32. The lowest BCUT2D eigenvalue weighted by Crippen LogP contribution is -2.34. The summed E-state index contributed by atoms with van der Waals surface area (Å²) < 4.78 is 0. The number of amides is 2. The highest BCUT2D eigenvalue weighted by molar-refractivity contribution is 7.22. The van der Waals surface area contributed by atoms with Gasteiger partial charge in [0, 0.05) is 35.2 Å². The van der Waals surface area contributed by atoms with Gasteiger partial charge in [-0.25, -0.2) is 0 Å². The third-order valence-electron chi connectivity index (χ3n) is 17.0. The van der Waals surface area contributed by atoms with Crippen LogP contribution >= 0.6 is 45.3 Å². The van der Waals surface area contributed by atoms with E-state index < -0.39 is 0 Å². The second kappa shape index (κ2) is 38.7. The third kappa shape index (κ3) is 21.4. The normalized spacial score (nSPS) is 14.6. The van der Waals surface area contributed by atoms with Crippen molar-refractivity contribution >= 4 is 68.6 Å². The average molecular weight is 1140 g/mol. The lowest BCUT2D eigenvalue weighted by atomic mass is 9.93. The van der Waals surface area contributed by atoms with Gasteiger partial charge in [-0.3, -0.25) is 19.6 Å². The molecular weight excluding hydrogens is 1030 g/mol. The number of thiophene rings is 2. The highest BCUT2D eigenvalue weighted by Crippen LogP contribution is 2.51. The molecule has 434 valence electrons. The number of carbonyl (C=O) groups excluding carboxylic acids is 2. The van der Waals surface area contributed by atoms with Crippen LogP contribution in [0.4, 0.5) is 0 Å². The highest BCUT2D eigenvalue weighted by atomic mass is 32.1. The molecule has 4 aromatic heterocycles. The van der Waals surface area contributed by atoms with Gasteiger partial charge in [0.2, 0.25) is 0 Å². The summed E-state index contributed by atoms with van der Waals surface area (Å²) in [6.07, 6.45) is 55.7. The van der Waals surface area contributed by atoms with Crippen molar-refractivity contribution in [2.24, 2.45) is 11.8 Å². The molecule has 6 rings (SSSR count). The number of aromatic nitrogens is 2. The van der Waals surface area contributed by atoms with Crippen LogP contribution in [0, 0.1) is 11.8 Å². The molecule has 2 atom stereocenters. The number of nitrogens with zero attached hydrogens (tertiary/aromatic N) is 4. The highest BCUT2D eigenvalue weighted by Gasteiger charge is 2.50. The smallest absolute Gasteiger partial charge is 0.261 e. The zero-order valence-corrected chi connectivity index (χ0v) is 53.0. The summed E-state index contributed by atoms with van der Waals surface area (Å²) in [5, 5.41) is 0. The molecule has 0 radical (unpaired) electrons. The molecule has 4 aromatic rings. The van der Waals surface area contributed by atoms with Gasteiger partial charge in [0.25, 0.3) is 11.8 Å². The monoisotopic (exact) mass is 1140 g/mol. The molecule has 0 saturated heterocycles. The second-order valence-corrected chi connectivity index (χ2v) is 27.5. The Hall–Kier alpha value is -2.92. The Balaban J connectivity index is 1.29. The minimum Gasteiger partial charge on any atom is -0.306 e. The lowest BCUT2D eigenvalue weighted by molar-refractivity contribution is -0.124. The summed E-state index contributed by atoms with van der Waals surface area (Å²) in [7, 11) is 0. The maximum Gasteiger partial charge on any atom is 0.261 e. The van der Waals surface area contributed by atoms with E-state index in [-0.39, 0.29) is 11.8 Å². The molecule has 10 heteroatoms. The van der Waals surface area contributed by atoms with Crippen molar-refractivity contribution in [3.63, 3.8) is 0 Å². The second-order valence-electron chi connectivity index (χ2n) is 23.5. The van der Waals surface area contributed by atoms with Gasteiger partial charge in [-0.05, 0) is 61.8 Å². The van der Waals surface area contributed by atoms with Crippen molar-refractivity contribution in [2.45, 2.75) is 285 Å². The van der Waals surface area contributed by atoms with Crippen molar-refractivity contribution in [3.05, 3.63) is 68.6 Å². The van der Waals surface area contributed by atoms with Crippen molar-refractivity contribution in [2.75, 3.05) is 13.1 Å². The van der Waals surface area contributed by atoms with Crippen LogP contribution in [0.3, 0.4) is 0 Å². The Morgan fingerprint density at radius 3 is 0.859 bits per heavy atom. The zero-order chi connectivity index (χ0) is 54.8. The summed E-state index contributed by atoms with van der Waals surface area (Å²) in [6, 6.07) is 8.77. The maximum absolute atomic E-state index is 15.9. The van der Waals surface area contributed by atoms with E-state index in [9.17, 15) is 0 Å².